The molecule has 3 rings (SSSR count). The minimum absolute atomic E-state index is 0.351. The maximum absolute atomic E-state index is 4.58. The number of aromatic nitrogens is 4. The first-order valence-electron chi connectivity index (χ1n) is 6.80. The Balaban J connectivity index is 1.79. The third-order valence-corrected chi connectivity index (χ3v) is 3.55. The van der Waals surface area contributed by atoms with Crippen LogP contribution in [0.15, 0.2) is 24.7 Å². The standard InChI is InChI=1S/C14H18N6/c1-10-7-12(15-2)19-14(18-10)11-3-6-20(9-11)13-8-16-4-5-17-13/h4-5,7-8,11H,3,6,9H2,1-2H3,(H,15,18,19). The van der Waals surface area contributed by atoms with Crippen molar-refractivity contribution in [3.8, 4) is 0 Å². The number of nitrogens with one attached hydrogen (secondary N) is 1. The summed E-state index contributed by atoms with van der Waals surface area (Å²) >= 11 is 0. The van der Waals surface area contributed by atoms with Crippen molar-refractivity contribution in [1.29, 1.82) is 0 Å². The van der Waals surface area contributed by atoms with Gasteiger partial charge in [0, 0.05) is 50.2 Å². The molecule has 3 heterocycles. The Kier molecular flexibility index (Phi) is 3.45. The van der Waals surface area contributed by atoms with Crippen LogP contribution in [-0.4, -0.2) is 40.1 Å². The van der Waals surface area contributed by atoms with Crippen LogP contribution < -0.4 is 10.2 Å². The average Bonchev–Trinajstić information content (AvgIpc) is 2.97. The van der Waals surface area contributed by atoms with Gasteiger partial charge in [-0.15, -0.1) is 0 Å². The van der Waals surface area contributed by atoms with Crippen LogP contribution >= 0.6 is 0 Å². The minimum Gasteiger partial charge on any atom is -0.373 e. The van der Waals surface area contributed by atoms with E-state index < -0.39 is 0 Å². The van der Waals surface area contributed by atoms with E-state index in [1.807, 2.05) is 20.0 Å². The van der Waals surface area contributed by atoms with Gasteiger partial charge in [-0.05, 0) is 13.3 Å². The van der Waals surface area contributed by atoms with Gasteiger partial charge in [0.2, 0.25) is 0 Å². The molecular weight excluding hydrogens is 252 g/mol. The van der Waals surface area contributed by atoms with Crippen molar-refractivity contribution in [2.24, 2.45) is 0 Å². The summed E-state index contributed by atoms with van der Waals surface area (Å²) in [6.45, 7) is 3.86. The molecule has 1 fully saturated rings. The van der Waals surface area contributed by atoms with Gasteiger partial charge in [-0.25, -0.2) is 15.0 Å². The van der Waals surface area contributed by atoms with E-state index in [1.54, 1.807) is 18.6 Å². The largest absolute Gasteiger partial charge is 0.373 e. The smallest absolute Gasteiger partial charge is 0.147 e. The van der Waals surface area contributed by atoms with Gasteiger partial charge < -0.3 is 10.2 Å². The quantitative estimate of drug-likeness (QED) is 0.914. The van der Waals surface area contributed by atoms with Gasteiger partial charge in [-0.2, -0.15) is 0 Å². The van der Waals surface area contributed by atoms with Crippen LogP contribution in [0, 0.1) is 6.92 Å². The Bertz CT molecular complexity index is 585. The van der Waals surface area contributed by atoms with Crippen LogP contribution in [0.25, 0.3) is 0 Å². The van der Waals surface area contributed by atoms with Gasteiger partial charge in [0.1, 0.15) is 17.5 Å². The second kappa shape index (κ2) is 5.40. The van der Waals surface area contributed by atoms with Gasteiger partial charge in [0.05, 0.1) is 6.20 Å². The fourth-order valence-electron chi connectivity index (χ4n) is 2.54. The molecule has 1 aliphatic heterocycles. The second-order valence-corrected chi connectivity index (χ2v) is 5.00. The lowest BCUT2D eigenvalue weighted by molar-refractivity contribution is 0.705. The molecule has 6 heteroatoms. The maximum Gasteiger partial charge on any atom is 0.147 e. The Morgan fingerprint density at radius 3 is 2.95 bits per heavy atom. The molecule has 1 N–H and O–H groups in total. The van der Waals surface area contributed by atoms with Gasteiger partial charge in [0.25, 0.3) is 0 Å². The zero-order chi connectivity index (χ0) is 13.9. The summed E-state index contributed by atoms with van der Waals surface area (Å²) in [6.07, 6.45) is 6.27. The van der Waals surface area contributed by atoms with Crippen LogP contribution in [0.5, 0.6) is 0 Å². The Hall–Kier alpha value is -2.24. The van der Waals surface area contributed by atoms with Gasteiger partial charge in [0.15, 0.2) is 0 Å². The predicted octanol–water partition coefficient (Wildman–Crippen LogP) is 1.61. The van der Waals surface area contributed by atoms with Crippen molar-refractivity contribution in [3.63, 3.8) is 0 Å². The van der Waals surface area contributed by atoms with Crippen molar-refractivity contribution in [2.75, 3.05) is 30.4 Å². The first kappa shape index (κ1) is 12.8. The third kappa shape index (κ3) is 2.54. The molecule has 6 nitrogen and oxygen atoms in total. The molecule has 0 radical (unpaired) electrons. The van der Waals surface area contributed by atoms with Crippen LogP contribution in [0.3, 0.4) is 0 Å². The zero-order valence-corrected chi connectivity index (χ0v) is 11.7. The van der Waals surface area contributed by atoms with E-state index in [0.717, 1.165) is 42.7 Å². The van der Waals surface area contributed by atoms with E-state index in [-0.39, 0.29) is 0 Å². The van der Waals surface area contributed by atoms with Crippen LogP contribution in [0.4, 0.5) is 11.6 Å². The molecular formula is C14H18N6. The highest BCUT2D eigenvalue weighted by atomic mass is 15.2. The van der Waals surface area contributed by atoms with Crippen LogP contribution in [0.1, 0.15) is 23.9 Å². The third-order valence-electron chi connectivity index (χ3n) is 3.55. The second-order valence-electron chi connectivity index (χ2n) is 5.00. The number of hydrogen-bond donors (Lipinski definition) is 1. The molecule has 104 valence electrons. The van der Waals surface area contributed by atoms with Gasteiger partial charge in [-0.1, -0.05) is 0 Å². The highest BCUT2D eigenvalue weighted by molar-refractivity contribution is 5.39. The van der Waals surface area contributed by atoms with E-state index in [2.05, 4.69) is 30.2 Å². The number of hydrogen-bond acceptors (Lipinski definition) is 6. The van der Waals surface area contributed by atoms with Crippen molar-refractivity contribution in [1.82, 2.24) is 19.9 Å². The molecule has 0 spiro atoms. The topological polar surface area (TPSA) is 66.8 Å². The van der Waals surface area contributed by atoms with E-state index in [9.17, 15) is 0 Å². The summed E-state index contributed by atoms with van der Waals surface area (Å²) in [5.74, 6) is 3.08. The average molecular weight is 270 g/mol. The summed E-state index contributed by atoms with van der Waals surface area (Å²) in [7, 11) is 1.88. The fourth-order valence-corrected chi connectivity index (χ4v) is 2.54. The highest BCUT2D eigenvalue weighted by Crippen LogP contribution is 2.28. The number of aryl methyl sites for hydroxylation is 1. The van der Waals surface area contributed by atoms with E-state index >= 15 is 0 Å². The molecule has 2 aromatic rings. The number of anilines is 2. The summed E-state index contributed by atoms with van der Waals surface area (Å²) < 4.78 is 0. The van der Waals surface area contributed by atoms with Crippen molar-refractivity contribution in [3.05, 3.63) is 36.2 Å². The van der Waals surface area contributed by atoms with E-state index in [1.165, 1.54) is 0 Å². The molecule has 0 saturated carbocycles. The van der Waals surface area contributed by atoms with E-state index in [4.69, 9.17) is 0 Å². The molecule has 1 saturated heterocycles. The SMILES string of the molecule is CNc1cc(C)nc(C2CCN(c3cnccn3)C2)n1. The zero-order valence-electron chi connectivity index (χ0n) is 11.7. The first-order chi connectivity index (χ1) is 9.76. The summed E-state index contributed by atoms with van der Waals surface area (Å²) in [6, 6.07) is 1.96. The maximum atomic E-state index is 4.58. The molecule has 20 heavy (non-hydrogen) atoms. The molecule has 2 aromatic heterocycles. The van der Waals surface area contributed by atoms with E-state index in [0.29, 0.717) is 5.92 Å². The lowest BCUT2D eigenvalue weighted by Crippen LogP contribution is -2.21. The summed E-state index contributed by atoms with van der Waals surface area (Å²) in [4.78, 5) is 19.9. The van der Waals surface area contributed by atoms with Crippen molar-refractivity contribution >= 4 is 11.6 Å². The Labute approximate surface area is 118 Å². The first-order valence-corrected chi connectivity index (χ1v) is 6.80. The Morgan fingerprint density at radius 2 is 2.20 bits per heavy atom. The van der Waals surface area contributed by atoms with Gasteiger partial charge >= 0.3 is 0 Å². The lowest BCUT2D eigenvalue weighted by Gasteiger charge is -2.16. The molecule has 0 aromatic carbocycles. The molecule has 1 unspecified atom stereocenters. The Morgan fingerprint density at radius 1 is 1.30 bits per heavy atom. The molecule has 1 atom stereocenters. The number of rotatable bonds is 3. The van der Waals surface area contributed by atoms with Crippen LogP contribution in [-0.2, 0) is 0 Å². The normalized spacial score (nSPS) is 18.3. The summed E-state index contributed by atoms with van der Waals surface area (Å²) in [5.41, 5.74) is 0.998. The predicted molar refractivity (Wildman–Crippen MR) is 77.9 cm³/mol. The molecule has 0 aliphatic carbocycles. The monoisotopic (exact) mass is 270 g/mol. The highest BCUT2D eigenvalue weighted by Gasteiger charge is 2.27. The minimum atomic E-state index is 0.351. The lowest BCUT2D eigenvalue weighted by atomic mass is 10.1. The fraction of sp³-hybridized carbons (Fsp3) is 0.429. The molecule has 0 bridgehead atoms. The number of nitrogens with zero attached hydrogens (tertiary/aromatic N) is 5. The summed E-state index contributed by atoms with van der Waals surface area (Å²) in [5, 5.41) is 3.09. The van der Waals surface area contributed by atoms with Crippen molar-refractivity contribution < 1.29 is 0 Å². The molecule has 1 aliphatic rings. The van der Waals surface area contributed by atoms with Crippen molar-refractivity contribution in [2.45, 2.75) is 19.3 Å². The van der Waals surface area contributed by atoms with Gasteiger partial charge in [-0.3, -0.25) is 4.98 Å². The van der Waals surface area contributed by atoms with Crippen LogP contribution in [0.2, 0.25) is 0 Å². The molecule has 0 amide bonds.